The van der Waals surface area contributed by atoms with E-state index in [1.165, 1.54) is 25.5 Å². The molecule has 1 aromatic heterocycles. The first-order valence-electron chi connectivity index (χ1n) is 6.18. The van der Waals surface area contributed by atoms with E-state index in [9.17, 15) is 4.79 Å². The van der Waals surface area contributed by atoms with Crippen LogP contribution in [0.15, 0.2) is 18.5 Å². The fourth-order valence-electron chi connectivity index (χ4n) is 3.26. The van der Waals surface area contributed by atoms with E-state index in [0.29, 0.717) is 5.56 Å². The predicted octanol–water partition coefficient (Wildman–Crippen LogP) is 2.02. The third-order valence-electron chi connectivity index (χ3n) is 4.10. The van der Waals surface area contributed by atoms with Gasteiger partial charge in [0, 0.05) is 25.5 Å². The number of aromatic nitrogens is 1. The number of hydrogen-bond donors (Lipinski definition) is 1. The third kappa shape index (κ3) is 1.77. The summed E-state index contributed by atoms with van der Waals surface area (Å²) in [7, 11) is 0. The number of rotatable bonds is 2. The molecule has 4 heteroatoms. The number of hydrogen-bond acceptors (Lipinski definition) is 3. The lowest BCUT2D eigenvalue weighted by atomic mass is 10.0. The molecule has 90 valence electrons. The Balaban J connectivity index is 1.88. The second-order valence-electron chi connectivity index (χ2n) is 5.05. The summed E-state index contributed by atoms with van der Waals surface area (Å²) in [6.45, 7) is 2.02. The molecule has 1 aromatic rings. The Morgan fingerprint density at radius 1 is 1.35 bits per heavy atom. The highest BCUT2D eigenvalue weighted by atomic mass is 16.4. The Kier molecular flexibility index (Phi) is 2.50. The van der Waals surface area contributed by atoms with Crippen LogP contribution in [-0.4, -0.2) is 29.1 Å². The molecule has 2 aliphatic rings. The van der Waals surface area contributed by atoms with Crippen LogP contribution in [0.5, 0.6) is 0 Å². The summed E-state index contributed by atoms with van der Waals surface area (Å²) in [5.74, 6) is 0.653. The zero-order valence-corrected chi connectivity index (χ0v) is 9.67. The molecule has 4 nitrogen and oxygen atoms in total. The fraction of sp³-hybridized carbons (Fsp3) is 0.538. The van der Waals surface area contributed by atoms with E-state index in [1.54, 1.807) is 6.20 Å². The standard InChI is InChI=1S/C13H16N2O2/c16-13(17)11-6-14-5-4-12(11)15-7-9-2-1-3-10(9)8-15/h4-6,9-10H,1-3,7-8H2,(H,16,17). The second-order valence-corrected chi connectivity index (χ2v) is 5.05. The van der Waals surface area contributed by atoms with Gasteiger partial charge in [0.25, 0.3) is 0 Å². The highest BCUT2D eigenvalue weighted by molar-refractivity contribution is 5.94. The van der Waals surface area contributed by atoms with E-state index in [2.05, 4.69) is 9.88 Å². The molecule has 2 fully saturated rings. The number of carboxylic acid groups (broad SMARTS) is 1. The molecule has 1 aliphatic carbocycles. The van der Waals surface area contributed by atoms with Crippen LogP contribution < -0.4 is 4.90 Å². The van der Waals surface area contributed by atoms with Crippen LogP contribution in [0.4, 0.5) is 5.69 Å². The molecule has 1 N–H and O–H groups in total. The lowest BCUT2D eigenvalue weighted by Crippen LogP contribution is -2.23. The Morgan fingerprint density at radius 2 is 2.06 bits per heavy atom. The van der Waals surface area contributed by atoms with Crippen molar-refractivity contribution in [1.29, 1.82) is 0 Å². The van der Waals surface area contributed by atoms with Crippen LogP contribution in [-0.2, 0) is 0 Å². The summed E-state index contributed by atoms with van der Waals surface area (Å²) in [6, 6.07) is 1.82. The highest BCUT2D eigenvalue weighted by Gasteiger charge is 2.37. The summed E-state index contributed by atoms with van der Waals surface area (Å²) < 4.78 is 0. The van der Waals surface area contributed by atoms with Gasteiger partial charge in [-0.15, -0.1) is 0 Å². The lowest BCUT2D eigenvalue weighted by Gasteiger charge is -2.21. The molecule has 0 aromatic carbocycles. The van der Waals surface area contributed by atoms with Gasteiger partial charge in [0.15, 0.2) is 0 Å². The highest BCUT2D eigenvalue weighted by Crippen LogP contribution is 2.40. The maximum atomic E-state index is 11.2. The van der Waals surface area contributed by atoms with Gasteiger partial charge < -0.3 is 10.0 Å². The van der Waals surface area contributed by atoms with Gasteiger partial charge in [-0.2, -0.15) is 0 Å². The minimum atomic E-state index is -0.884. The maximum Gasteiger partial charge on any atom is 0.339 e. The van der Waals surface area contributed by atoms with Crippen LogP contribution >= 0.6 is 0 Å². The first kappa shape index (κ1) is 10.6. The lowest BCUT2D eigenvalue weighted by molar-refractivity contribution is 0.0697. The molecule has 17 heavy (non-hydrogen) atoms. The normalized spacial score (nSPS) is 27.2. The van der Waals surface area contributed by atoms with E-state index < -0.39 is 5.97 Å². The van der Waals surface area contributed by atoms with Crippen LogP contribution in [0.1, 0.15) is 29.6 Å². The van der Waals surface area contributed by atoms with E-state index in [4.69, 9.17) is 5.11 Å². The fourth-order valence-corrected chi connectivity index (χ4v) is 3.26. The molecule has 2 unspecified atom stereocenters. The number of carbonyl (C=O) groups is 1. The van der Waals surface area contributed by atoms with Crippen molar-refractivity contribution in [2.24, 2.45) is 11.8 Å². The minimum absolute atomic E-state index is 0.326. The molecule has 0 amide bonds. The monoisotopic (exact) mass is 232 g/mol. The van der Waals surface area contributed by atoms with E-state index in [0.717, 1.165) is 30.6 Å². The van der Waals surface area contributed by atoms with Crippen LogP contribution in [0.3, 0.4) is 0 Å². The van der Waals surface area contributed by atoms with Crippen molar-refractivity contribution in [3.8, 4) is 0 Å². The summed E-state index contributed by atoms with van der Waals surface area (Å²) in [4.78, 5) is 17.3. The molecule has 1 aliphatic heterocycles. The number of pyridine rings is 1. The zero-order valence-electron chi connectivity index (χ0n) is 9.67. The van der Waals surface area contributed by atoms with Crippen LogP contribution in [0, 0.1) is 11.8 Å². The quantitative estimate of drug-likeness (QED) is 0.847. The van der Waals surface area contributed by atoms with E-state index >= 15 is 0 Å². The molecule has 0 spiro atoms. The van der Waals surface area contributed by atoms with Gasteiger partial charge in [-0.05, 0) is 30.7 Å². The molecule has 1 saturated carbocycles. The number of anilines is 1. The summed E-state index contributed by atoms with van der Waals surface area (Å²) in [6.07, 6.45) is 7.07. The first-order valence-corrected chi connectivity index (χ1v) is 6.18. The van der Waals surface area contributed by atoms with Gasteiger partial charge in [-0.1, -0.05) is 6.42 Å². The van der Waals surface area contributed by atoms with Crippen molar-refractivity contribution >= 4 is 11.7 Å². The molecule has 2 atom stereocenters. The predicted molar refractivity (Wildman–Crippen MR) is 64.2 cm³/mol. The molecule has 0 radical (unpaired) electrons. The Labute approximate surface area is 100 Å². The largest absolute Gasteiger partial charge is 0.478 e. The molecular weight excluding hydrogens is 216 g/mol. The molecule has 0 bridgehead atoms. The van der Waals surface area contributed by atoms with Crippen molar-refractivity contribution in [3.05, 3.63) is 24.0 Å². The smallest absolute Gasteiger partial charge is 0.339 e. The molecule has 3 rings (SSSR count). The molecular formula is C13H16N2O2. The zero-order chi connectivity index (χ0) is 11.8. The van der Waals surface area contributed by atoms with Crippen molar-refractivity contribution < 1.29 is 9.90 Å². The van der Waals surface area contributed by atoms with Gasteiger partial charge in [-0.25, -0.2) is 4.79 Å². The summed E-state index contributed by atoms with van der Waals surface area (Å²) in [5, 5.41) is 9.16. The minimum Gasteiger partial charge on any atom is -0.478 e. The van der Waals surface area contributed by atoms with Gasteiger partial charge in [0.05, 0.1) is 5.69 Å². The van der Waals surface area contributed by atoms with E-state index in [1.807, 2.05) is 6.07 Å². The van der Waals surface area contributed by atoms with Crippen molar-refractivity contribution in [3.63, 3.8) is 0 Å². The van der Waals surface area contributed by atoms with Crippen LogP contribution in [0.2, 0.25) is 0 Å². The topological polar surface area (TPSA) is 53.4 Å². The Hall–Kier alpha value is -1.58. The number of nitrogens with zero attached hydrogens (tertiary/aromatic N) is 2. The average molecular weight is 232 g/mol. The number of fused-ring (bicyclic) bond motifs is 1. The first-order chi connectivity index (χ1) is 8.25. The Morgan fingerprint density at radius 3 is 2.71 bits per heavy atom. The SMILES string of the molecule is O=C(O)c1cnccc1N1CC2CCCC2C1. The van der Waals surface area contributed by atoms with Crippen molar-refractivity contribution in [2.75, 3.05) is 18.0 Å². The van der Waals surface area contributed by atoms with Crippen LogP contribution in [0.25, 0.3) is 0 Å². The average Bonchev–Trinajstić information content (AvgIpc) is 2.88. The number of aromatic carboxylic acids is 1. The summed E-state index contributed by atoms with van der Waals surface area (Å²) in [5.41, 5.74) is 1.16. The second kappa shape index (κ2) is 4.02. The number of carboxylic acids is 1. The third-order valence-corrected chi connectivity index (χ3v) is 4.10. The maximum absolute atomic E-state index is 11.2. The van der Waals surface area contributed by atoms with Gasteiger partial charge in [-0.3, -0.25) is 4.98 Å². The molecule has 1 saturated heterocycles. The van der Waals surface area contributed by atoms with Crippen molar-refractivity contribution in [2.45, 2.75) is 19.3 Å². The van der Waals surface area contributed by atoms with Gasteiger partial charge in [0.1, 0.15) is 5.56 Å². The van der Waals surface area contributed by atoms with E-state index in [-0.39, 0.29) is 0 Å². The van der Waals surface area contributed by atoms with Crippen molar-refractivity contribution in [1.82, 2.24) is 4.98 Å². The summed E-state index contributed by atoms with van der Waals surface area (Å²) >= 11 is 0. The van der Waals surface area contributed by atoms with Gasteiger partial charge >= 0.3 is 5.97 Å². The molecule has 2 heterocycles. The van der Waals surface area contributed by atoms with Gasteiger partial charge in [0.2, 0.25) is 0 Å². The Bertz CT molecular complexity index is 435.